The first-order valence-corrected chi connectivity index (χ1v) is 7.37. The van der Waals surface area contributed by atoms with Crippen molar-refractivity contribution in [3.63, 3.8) is 0 Å². The van der Waals surface area contributed by atoms with Crippen LogP contribution in [-0.4, -0.2) is 33.6 Å². The van der Waals surface area contributed by atoms with Crippen LogP contribution in [0.5, 0.6) is 5.75 Å². The van der Waals surface area contributed by atoms with Crippen molar-refractivity contribution in [2.45, 2.75) is 32.7 Å². The van der Waals surface area contributed by atoms with E-state index >= 15 is 0 Å². The van der Waals surface area contributed by atoms with Crippen molar-refractivity contribution < 1.29 is 9.84 Å². The van der Waals surface area contributed by atoms with Gasteiger partial charge in [0.15, 0.2) is 0 Å². The number of hydrogen-bond donors (Lipinski definition) is 1. The van der Waals surface area contributed by atoms with E-state index in [1.54, 1.807) is 13.4 Å². The minimum absolute atomic E-state index is 0.144. The maximum absolute atomic E-state index is 9.63. The summed E-state index contributed by atoms with van der Waals surface area (Å²) in [5.74, 6) is 1.95. The third kappa shape index (κ3) is 4.29. The van der Waals surface area contributed by atoms with E-state index in [0.717, 1.165) is 37.4 Å². The second-order valence-corrected chi connectivity index (χ2v) is 5.20. The van der Waals surface area contributed by atoms with Crippen molar-refractivity contribution in [1.82, 2.24) is 14.8 Å². The lowest BCUT2D eigenvalue weighted by Crippen LogP contribution is -2.17. The standard InChI is InChI=1S/C16H23N3O2/c1-3-8-19-16(17-12-18-19)10-14(11-20)9-13-4-6-15(21-2)7-5-13/h4-7,12,14,20H,3,8-11H2,1-2H3. The first kappa shape index (κ1) is 15.5. The normalized spacial score (nSPS) is 12.3. The molecule has 0 spiro atoms. The molecule has 0 saturated carbocycles. The van der Waals surface area contributed by atoms with Gasteiger partial charge in [-0.1, -0.05) is 19.1 Å². The SMILES string of the molecule is CCCn1ncnc1CC(CO)Cc1ccc(OC)cc1. The van der Waals surface area contributed by atoms with Gasteiger partial charge in [-0.3, -0.25) is 4.68 Å². The zero-order chi connectivity index (χ0) is 15.1. The summed E-state index contributed by atoms with van der Waals surface area (Å²) in [4.78, 5) is 4.31. The molecule has 0 bridgehead atoms. The molecule has 1 aromatic heterocycles. The second kappa shape index (κ2) is 7.78. The van der Waals surface area contributed by atoms with Gasteiger partial charge in [-0.15, -0.1) is 0 Å². The van der Waals surface area contributed by atoms with E-state index in [4.69, 9.17) is 4.74 Å². The van der Waals surface area contributed by atoms with Crippen molar-refractivity contribution in [3.05, 3.63) is 42.0 Å². The van der Waals surface area contributed by atoms with Crippen molar-refractivity contribution in [2.24, 2.45) is 5.92 Å². The average molecular weight is 289 g/mol. The molecule has 5 heteroatoms. The van der Waals surface area contributed by atoms with Crippen LogP contribution in [0.1, 0.15) is 24.7 Å². The predicted molar refractivity (Wildman–Crippen MR) is 81.3 cm³/mol. The predicted octanol–water partition coefficient (Wildman–Crippen LogP) is 2.09. The van der Waals surface area contributed by atoms with Crippen LogP contribution in [-0.2, 0) is 19.4 Å². The van der Waals surface area contributed by atoms with Crippen LogP contribution in [0.25, 0.3) is 0 Å². The lowest BCUT2D eigenvalue weighted by Gasteiger charge is -2.14. The van der Waals surface area contributed by atoms with Gasteiger partial charge >= 0.3 is 0 Å². The van der Waals surface area contributed by atoms with Crippen LogP contribution in [0, 0.1) is 5.92 Å². The van der Waals surface area contributed by atoms with Crippen molar-refractivity contribution in [3.8, 4) is 5.75 Å². The van der Waals surface area contributed by atoms with E-state index < -0.39 is 0 Å². The lowest BCUT2D eigenvalue weighted by atomic mass is 9.96. The molecule has 1 heterocycles. The largest absolute Gasteiger partial charge is 0.497 e. The monoisotopic (exact) mass is 289 g/mol. The number of aromatic nitrogens is 3. The number of hydrogen-bond acceptors (Lipinski definition) is 4. The number of aliphatic hydroxyl groups excluding tert-OH is 1. The number of aliphatic hydroxyl groups is 1. The number of nitrogens with zero attached hydrogens (tertiary/aromatic N) is 3. The molecule has 0 radical (unpaired) electrons. The minimum atomic E-state index is 0.144. The molecule has 1 unspecified atom stereocenters. The fourth-order valence-corrected chi connectivity index (χ4v) is 2.40. The summed E-state index contributed by atoms with van der Waals surface area (Å²) in [6, 6.07) is 7.98. The summed E-state index contributed by atoms with van der Waals surface area (Å²) >= 11 is 0. The Morgan fingerprint density at radius 1 is 1.24 bits per heavy atom. The third-order valence-corrected chi connectivity index (χ3v) is 3.54. The maximum Gasteiger partial charge on any atom is 0.138 e. The summed E-state index contributed by atoms with van der Waals surface area (Å²) in [5.41, 5.74) is 1.19. The number of methoxy groups -OCH3 is 1. The highest BCUT2D eigenvalue weighted by Gasteiger charge is 2.14. The lowest BCUT2D eigenvalue weighted by molar-refractivity contribution is 0.221. The van der Waals surface area contributed by atoms with Gasteiger partial charge in [0.05, 0.1) is 7.11 Å². The summed E-state index contributed by atoms with van der Waals surface area (Å²) in [6.45, 7) is 3.13. The van der Waals surface area contributed by atoms with Gasteiger partial charge in [-0.2, -0.15) is 5.10 Å². The van der Waals surface area contributed by atoms with Gasteiger partial charge in [0.25, 0.3) is 0 Å². The Labute approximate surface area is 125 Å². The van der Waals surface area contributed by atoms with Gasteiger partial charge in [0.2, 0.25) is 0 Å². The molecule has 2 aromatic rings. The molecule has 0 aliphatic rings. The van der Waals surface area contributed by atoms with E-state index in [1.807, 2.05) is 28.9 Å². The number of aryl methyl sites for hydroxylation is 1. The van der Waals surface area contributed by atoms with Gasteiger partial charge in [0.1, 0.15) is 17.9 Å². The molecular formula is C16H23N3O2. The quantitative estimate of drug-likeness (QED) is 0.808. The van der Waals surface area contributed by atoms with Crippen LogP contribution in [0.4, 0.5) is 0 Å². The van der Waals surface area contributed by atoms with Crippen LogP contribution >= 0.6 is 0 Å². The van der Waals surface area contributed by atoms with Gasteiger partial charge in [-0.05, 0) is 36.5 Å². The molecular weight excluding hydrogens is 266 g/mol. The van der Waals surface area contributed by atoms with Gasteiger partial charge in [-0.25, -0.2) is 4.98 Å². The average Bonchev–Trinajstić information content (AvgIpc) is 2.95. The Bertz CT molecular complexity index is 537. The van der Waals surface area contributed by atoms with Gasteiger partial charge < -0.3 is 9.84 Å². The fourth-order valence-electron chi connectivity index (χ4n) is 2.40. The maximum atomic E-state index is 9.63. The molecule has 0 amide bonds. The fraction of sp³-hybridized carbons (Fsp3) is 0.500. The summed E-state index contributed by atoms with van der Waals surface area (Å²) < 4.78 is 7.08. The molecule has 1 atom stereocenters. The van der Waals surface area contributed by atoms with Crippen molar-refractivity contribution >= 4 is 0 Å². The van der Waals surface area contributed by atoms with Crippen LogP contribution in [0.2, 0.25) is 0 Å². The Balaban J connectivity index is 2.00. The molecule has 5 nitrogen and oxygen atoms in total. The molecule has 114 valence electrons. The molecule has 2 rings (SSSR count). The Kier molecular flexibility index (Phi) is 5.75. The smallest absolute Gasteiger partial charge is 0.138 e. The molecule has 1 aromatic carbocycles. The van der Waals surface area contributed by atoms with Crippen LogP contribution in [0.3, 0.4) is 0 Å². The third-order valence-electron chi connectivity index (χ3n) is 3.54. The van der Waals surface area contributed by atoms with E-state index in [9.17, 15) is 5.11 Å². The van der Waals surface area contributed by atoms with E-state index in [-0.39, 0.29) is 12.5 Å². The zero-order valence-corrected chi connectivity index (χ0v) is 12.7. The summed E-state index contributed by atoms with van der Waals surface area (Å²) in [7, 11) is 1.66. The van der Waals surface area contributed by atoms with Crippen molar-refractivity contribution in [1.29, 1.82) is 0 Å². The number of ether oxygens (including phenoxy) is 1. The summed E-state index contributed by atoms with van der Waals surface area (Å²) in [5, 5.41) is 13.9. The summed E-state index contributed by atoms with van der Waals surface area (Å²) in [6.07, 6.45) is 4.17. The van der Waals surface area contributed by atoms with E-state index in [2.05, 4.69) is 17.0 Å². The molecule has 1 N–H and O–H groups in total. The minimum Gasteiger partial charge on any atom is -0.497 e. The topological polar surface area (TPSA) is 60.2 Å². The second-order valence-electron chi connectivity index (χ2n) is 5.20. The highest BCUT2D eigenvalue weighted by Crippen LogP contribution is 2.17. The van der Waals surface area contributed by atoms with E-state index in [0.29, 0.717) is 0 Å². The van der Waals surface area contributed by atoms with Crippen LogP contribution in [0.15, 0.2) is 30.6 Å². The first-order chi connectivity index (χ1) is 10.3. The Morgan fingerprint density at radius 3 is 2.62 bits per heavy atom. The molecule has 0 saturated heterocycles. The number of benzene rings is 1. The van der Waals surface area contributed by atoms with Gasteiger partial charge in [0, 0.05) is 19.6 Å². The van der Waals surface area contributed by atoms with Crippen molar-refractivity contribution in [2.75, 3.05) is 13.7 Å². The van der Waals surface area contributed by atoms with E-state index in [1.165, 1.54) is 5.56 Å². The van der Waals surface area contributed by atoms with Crippen LogP contribution < -0.4 is 4.74 Å². The Hall–Kier alpha value is -1.88. The zero-order valence-electron chi connectivity index (χ0n) is 12.7. The highest BCUT2D eigenvalue weighted by molar-refractivity contribution is 5.27. The molecule has 21 heavy (non-hydrogen) atoms. The number of rotatable bonds is 8. The molecule has 0 fully saturated rings. The highest BCUT2D eigenvalue weighted by atomic mass is 16.5. The first-order valence-electron chi connectivity index (χ1n) is 7.37. The Morgan fingerprint density at radius 2 is 2.00 bits per heavy atom. The molecule has 0 aliphatic heterocycles. The molecule has 0 aliphatic carbocycles.